The van der Waals surface area contributed by atoms with Gasteiger partial charge in [-0.1, -0.05) is 0 Å². The van der Waals surface area contributed by atoms with E-state index in [-0.39, 0.29) is 24.1 Å². The minimum absolute atomic E-state index is 0. The van der Waals surface area contributed by atoms with E-state index >= 15 is 0 Å². The van der Waals surface area contributed by atoms with Gasteiger partial charge in [-0.05, 0) is 39.3 Å². The molecular formula is C16H23ClN2O3. The lowest BCUT2D eigenvalue weighted by atomic mass is 9.94. The number of likely N-dealkylation sites (tertiary alicyclic amines) is 1. The Labute approximate surface area is 136 Å². The second-order valence-electron chi connectivity index (χ2n) is 6.09. The largest absolute Gasteiger partial charge is 0.455 e. The predicted octanol–water partition coefficient (Wildman–Crippen LogP) is 2.21. The van der Waals surface area contributed by atoms with Crippen molar-refractivity contribution in [2.75, 3.05) is 26.7 Å². The van der Waals surface area contributed by atoms with Crippen LogP contribution < -0.4 is 5.32 Å². The summed E-state index contributed by atoms with van der Waals surface area (Å²) < 4.78 is 5.75. The minimum atomic E-state index is -0.0618. The molecule has 1 aliphatic carbocycles. The van der Waals surface area contributed by atoms with Crippen molar-refractivity contribution in [1.29, 1.82) is 0 Å². The van der Waals surface area contributed by atoms with E-state index in [2.05, 4.69) is 5.32 Å². The number of nitrogens with one attached hydrogen (secondary N) is 1. The zero-order chi connectivity index (χ0) is 15.0. The van der Waals surface area contributed by atoms with Crippen molar-refractivity contribution >= 4 is 24.1 Å². The number of nitrogens with zero attached hydrogens (tertiary/aromatic N) is 1. The first-order valence-corrected chi connectivity index (χ1v) is 7.71. The molecule has 122 valence electrons. The number of rotatable bonds is 3. The standard InChI is InChI=1S/C16H22N2O3.ClH/c1-10-14-12(19)4-3-5-13(14)21-15(10)16(20)18-7-6-11(9-18)8-17-2;/h11,17H,3-9H2,1-2H3;1H. The molecule has 1 amide bonds. The third-order valence-electron chi connectivity index (χ3n) is 4.57. The Morgan fingerprint density at radius 2 is 2.18 bits per heavy atom. The molecule has 1 unspecified atom stereocenters. The zero-order valence-electron chi connectivity index (χ0n) is 13.1. The third kappa shape index (κ3) is 2.92. The highest BCUT2D eigenvalue weighted by Gasteiger charge is 2.33. The first-order chi connectivity index (χ1) is 10.1. The molecule has 1 aliphatic heterocycles. The van der Waals surface area contributed by atoms with Crippen molar-refractivity contribution in [3.05, 3.63) is 22.6 Å². The number of carbonyl (C=O) groups excluding carboxylic acids is 2. The van der Waals surface area contributed by atoms with Gasteiger partial charge < -0.3 is 14.6 Å². The Kier molecular flexibility index (Phi) is 5.29. The van der Waals surface area contributed by atoms with Gasteiger partial charge in [-0.15, -0.1) is 12.4 Å². The maximum atomic E-state index is 12.6. The van der Waals surface area contributed by atoms with Gasteiger partial charge >= 0.3 is 0 Å². The molecule has 22 heavy (non-hydrogen) atoms. The van der Waals surface area contributed by atoms with Crippen LogP contribution in [0, 0.1) is 12.8 Å². The molecular weight excluding hydrogens is 304 g/mol. The quantitative estimate of drug-likeness (QED) is 0.925. The zero-order valence-corrected chi connectivity index (χ0v) is 13.9. The van der Waals surface area contributed by atoms with Crippen molar-refractivity contribution in [2.45, 2.75) is 32.6 Å². The number of furan rings is 1. The molecule has 0 spiro atoms. The second-order valence-corrected chi connectivity index (χ2v) is 6.09. The average Bonchev–Trinajstić information content (AvgIpc) is 3.05. The molecule has 2 heterocycles. The smallest absolute Gasteiger partial charge is 0.289 e. The minimum Gasteiger partial charge on any atom is -0.455 e. The van der Waals surface area contributed by atoms with E-state index in [1.807, 2.05) is 18.9 Å². The summed E-state index contributed by atoms with van der Waals surface area (Å²) in [5.41, 5.74) is 1.40. The Morgan fingerprint density at radius 3 is 2.86 bits per heavy atom. The maximum absolute atomic E-state index is 12.6. The molecule has 0 aromatic carbocycles. The fraction of sp³-hybridized carbons (Fsp3) is 0.625. The molecule has 0 radical (unpaired) electrons. The van der Waals surface area contributed by atoms with E-state index in [1.165, 1.54) is 0 Å². The van der Waals surface area contributed by atoms with Crippen LogP contribution in [0.5, 0.6) is 0 Å². The predicted molar refractivity (Wildman–Crippen MR) is 85.9 cm³/mol. The van der Waals surface area contributed by atoms with Gasteiger partial charge in [0, 0.05) is 31.5 Å². The van der Waals surface area contributed by atoms with Crippen molar-refractivity contribution in [1.82, 2.24) is 10.2 Å². The molecule has 1 atom stereocenters. The summed E-state index contributed by atoms with van der Waals surface area (Å²) in [4.78, 5) is 26.5. The normalized spacial score (nSPS) is 20.7. The van der Waals surface area contributed by atoms with Gasteiger partial charge in [-0.25, -0.2) is 0 Å². The van der Waals surface area contributed by atoms with Crippen LogP contribution in [-0.4, -0.2) is 43.3 Å². The summed E-state index contributed by atoms with van der Waals surface area (Å²) in [5, 5.41) is 3.16. The fourth-order valence-corrected chi connectivity index (χ4v) is 3.47. The van der Waals surface area contributed by atoms with Crippen LogP contribution >= 0.6 is 12.4 Å². The van der Waals surface area contributed by atoms with Gasteiger partial charge in [-0.2, -0.15) is 0 Å². The molecule has 1 aromatic rings. The van der Waals surface area contributed by atoms with Crippen LogP contribution in [0.4, 0.5) is 0 Å². The van der Waals surface area contributed by atoms with Crippen molar-refractivity contribution in [2.24, 2.45) is 5.92 Å². The number of aryl methyl sites for hydroxylation is 1. The second kappa shape index (κ2) is 6.84. The van der Waals surface area contributed by atoms with E-state index in [0.29, 0.717) is 29.4 Å². The number of ketones is 1. The number of hydrogen-bond donors (Lipinski definition) is 1. The lowest BCUT2D eigenvalue weighted by Crippen LogP contribution is -2.30. The molecule has 5 nitrogen and oxygen atoms in total. The molecule has 0 saturated carbocycles. The third-order valence-corrected chi connectivity index (χ3v) is 4.57. The van der Waals surface area contributed by atoms with E-state index in [1.54, 1.807) is 0 Å². The number of fused-ring (bicyclic) bond motifs is 1. The summed E-state index contributed by atoms with van der Waals surface area (Å²) in [6, 6.07) is 0. The highest BCUT2D eigenvalue weighted by atomic mass is 35.5. The SMILES string of the molecule is CNCC1CCN(C(=O)c2oc3c(c2C)C(=O)CCC3)C1.Cl. The van der Waals surface area contributed by atoms with Crippen LogP contribution in [0.15, 0.2) is 4.42 Å². The Bertz CT molecular complexity index is 582. The Morgan fingerprint density at radius 1 is 1.41 bits per heavy atom. The summed E-state index contributed by atoms with van der Waals surface area (Å²) in [5.74, 6) is 1.64. The average molecular weight is 327 g/mol. The van der Waals surface area contributed by atoms with Gasteiger partial charge in [0.15, 0.2) is 11.5 Å². The monoisotopic (exact) mass is 326 g/mol. The number of halogens is 1. The number of Topliss-reactive ketones (excluding diaryl/α,β-unsaturated/α-hetero) is 1. The summed E-state index contributed by atoms with van der Waals surface area (Å²) in [7, 11) is 1.93. The molecule has 2 aliphatic rings. The van der Waals surface area contributed by atoms with Gasteiger partial charge in [0.05, 0.1) is 5.56 Å². The molecule has 1 aromatic heterocycles. The molecule has 0 bridgehead atoms. The van der Waals surface area contributed by atoms with Crippen LogP contribution in [0.2, 0.25) is 0 Å². The highest BCUT2D eigenvalue weighted by Crippen LogP contribution is 2.31. The van der Waals surface area contributed by atoms with E-state index in [4.69, 9.17) is 4.42 Å². The molecule has 1 fully saturated rings. The highest BCUT2D eigenvalue weighted by molar-refractivity contribution is 6.03. The summed E-state index contributed by atoms with van der Waals surface area (Å²) >= 11 is 0. The number of carbonyl (C=O) groups is 2. The fourth-order valence-electron chi connectivity index (χ4n) is 3.47. The lowest BCUT2D eigenvalue weighted by molar-refractivity contribution is 0.0752. The maximum Gasteiger partial charge on any atom is 0.289 e. The summed E-state index contributed by atoms with van der Waals surface area (Å²) in [6.07, 6.45) is 3.16. The van der Waals surface area contributed by atoms with Crippen LogP contribution in [0.25, 0.3) is 0 Å². The molecule has 1 saturated heterocycles. The van der Waals surface area contributed by atoms with Gasteiger partial charge in [0.2, 0.25) is 0 Å². The number of hydrogen-bond acceptors (Lipinski definition) is 4. The van der Waals surface area contributed by atoms with Crippen molar-refractivity contribution in [3.8, 4) is 0 Å². The lowest BCUT2D eigenvalue weighted by Gasteiger charge is -2.15. The Hall–Kier alpha value is -1.33. The summed E-state index contributed by atoms with van der Waals surface area (Å²) in [6.45, 7) is 4.29. The van der Waals surface area contributed by atoms with Gasteiger partial charge in [-0.3, -0.25) is 9.59 Å². The van der Waals surface area contributed by atoms with Crippen LogP contribution in [0.1, 0.15) is 51.5 Å². The van der Waals surface area contributed by atoms with Gasteiger partial charge in [0.1, 0.15) is 5.76 Å². The first-order valence-electron chi connectivity index (χ1n) is 7.71. The first kappa shape index (κ1) is 17.0. The molecule has 6 heteroatoms. The van der Waals surface area contributed by atoms with Gasteiger partial charge in [0.25, 0.3) is 5.91 Å². The number of amides is 1. The Balaban J connectivity index is 0.00000176. The molecule has 3 rings (SSSR count). The topological polar surface area (TPSA) is 62.6 Å². The van der Waals surface area contributed by atoms with Crippen LogP contribution in [-0.2, 0) is 6.42 Å². The van der Waals surface area contributed by atoms with Crippen molar-refractivity contribution < 1.29 is 14.0 Å². The van der Waals surface area contributed by atoms with E-state index < -0.39 is 0 Å². The van der Waals surface area contributed by atoms with Crippen molar-refractivity contribution in [3.63, 3.8) is 0 Å². The van der Waals surface area contributed by atoms with E-state index in [0.717, 1.165) is 44.5 Å². The van der Waals surface area contributed by atoms with E-state index in [9.17, 15) is 9.59 Å². The molecule has 1 N–H and O–H groups in total. The van der Waals surface area contributed by atoms with Crippen LogP contribution in [0.3, 0.4) is 0 Å².